The van der Waals surface area contributed by atoms with Crippen molar-refractivity contribution in [1.82, 2.24) is 15.3 Å². The van der Waals surface area contributed by atoms with E-state index in [1.807, 2.05) is 60.0 Å². The third-order valence-corrected chi connectivity index (χ3v) is 5.26. The van der Waals surface area contributed by atoms with E-state index in [9.17, 15) is 4.79 Å². The molecule has 156 valence electrons. The van der Waals surface area contributed by atoms with E-state index in [0.717, 1.165) is 27.6 Å². The normalized spacial score (nSPS) is 10.5. The molecule has 0 spiro atoms. The van der Waals surface area contributed by atoms with Crippen molar-refractivity contribution >= 4 is 17.2 Å². The highest BCUT2D eigenvalue weighted by molar-refractivity contribution is 7.09. The summed E-state index contributed by atoms with van der Waals surface area (Å²) in [6.07, 6.45) is 3.46. The van der Waals surface area contributed by atoms with Crippen molar-refractivity contribution in [2.45, 2.75) is 13.2 Å². The van der Waals surface area contributed by atoms with Crippen LogP contribution in [0.25, 0.3) is 11.3 Å². The van der Waals surface area contributed by atoms with Crippen LogP contribution in [0.1, 0.15) is 10.6 Å². The molecule has 4 aromatic rings. The van der Waals surface area contributed by atoms with Gasteiger partial charge >= 0.3 is 0 Å². The van der Waals surface area contributed by atoms with Crippen LogP contribution in [-0.4, -0.2) is 22.5 Å². The first-order valence-electron chi connectivity index (χ1n) is 9.77. The highest BCUT2D eigenvalue weighted by Crippen LogP contribution is 2.21. The van der Waals surface area contributed by atoms with E-state index in [1.165, 1.54) is 11.3 Å². The quantitative estimate of drug-likeness (QED) is 0.423. The zero-order valence-corrected chi connectivity index (χ0v) is 17.5. The van der Waals surface area contributed by atoms with Gasteiger partial charge in [0.1, 0.15) is 23.1 Å². The Labute approximate surface area is 184 Å². The molecule has 0 fully saturated rings. The Morgan fingerprint density at radius 1 is 0.903 bits per heavy atom. The topological polar surface area (TPSA) is 73.3 Å². The monoisotopic (exact) mass is 431 g/mol. The van der Waals surface area contributed by atoms with Gasteiger partial charge in [0.25, 0.3) is 5.91 Å². The largest absolute Gasteiger partial charge is 0.489 e. The fourth-order valence-corrected chi connectivity index (χ4v) is 3.54. The van der Waals surface area contributed by atoms with Gasteiger partial charge in [-0.15, -0.1) is 11.3 Å². The van der Waals surface area contributed by atoms with Crippen LogP contribution in [0.15, 0.2) is 84.5 Å². The van der Waals surface area contributed by atoms with Gasteiger partial charge in [0.2, 0.25) is 0 Å². The number of hydrogen-bond acceptors (Lipinski definition) is 6. The molecule has 2 aromatic carbocycles. The minimum Gasteiger partial charge on any atom is -0.489 e. The summed E-state index contributed by atoms with van der Waals surface area (Å²) >= 11 is 1.50. The van der Waals surface area contributed by atoms with E-state index in [0.29, 0.717) is 18.9 Å². The number of benzene rings is 2. The van der Waals surface area contributed by atoms with Crippen LogP contribution in [0.4, 0.5) is 0 Å². The number of pyridine rings is 1. The predicted molar refractivity (Wildman–Crippen MR) is 120 cm³/mol. The Balaban J connectivity index is 1.20. The molecule has 0 saturated heterocycles. The third kappa shape index (κ3) is 6.13. The minimum absolute atomic E-state index is 0.0627. The van der Waals surface area contributed by atoms with E-state index in [1.54, 1.807) is 24.5 Å². The lowest BCUT2D eigenvalue weighted by Crippen LogP contribution is -2.28. The van der Waals surface area contributed by atoms with Gasteiger partial charge in [0.05, 0.1) is 12.2 Å². The SMILES string of the molecule is O=C(COc1ccc(OCc2ccccc2)cc1)NCc1nc(-c2ccncc2)cs1. The molecule has 7 heteroatoms. The number of rotatable bonds is 9. The zero-order valence-electron chi connectivity index (χ0n) is 16.7. The Morgan fingerprint density at radius 3 is 2.35 bits per heavy atom. The molecule has 6 nitrogen and oxygen atoms in total. The Hall–Kier alpha value is -3.71. The molecule has 0 unspecified atom stereocenters. The lowest BCUT2D eigenvalue weighted by molar-refractivity contribution is -0.123. The molecule has 2 aromatic heterocycles. The molecule has 31 heavy (non-hydrogen) atoms. The van der Waals surface area contributed by atoms with Crippen LogP contribution >= 0.6 is 11.3 Å². The summed E-state index contributed by atoms with van der Waals surface area (Å²) in [7, 11) is 0. The fraction of sp³-hybridized carbons (Fsp3) is 0.125. The van der Waals surface area contributed by atoms with Crippen LogP contribution in [-0.2, 0) is 17.9 Å². The molecule has 0 atom stereocenters. The summed E-state index contributed by atoms with van der Waals surface area (Å²) in [6.45, 7) is 0.806. The van der Waals surface area contributed by atoms with Crippen molar-refractivity contribution in [1.29, 1.82) is 0 Å². The van der Waals surface area contributed by atoms with Gasteiger partial charge in [-0.25, -0.2) is 4.98 Å². The predicted octanol–water partition coefficient (Wildman–Crippen LogP) is 4.48. The molecule has 1 N–H and O–H groups in total. The second-order valence-electron chi connectivity index (χ2n) is 6.67. The summed E-state index contributed by atoms with van der Waals surface area (Å²) in [5, 5.41) is 5.63. The van der Waals surface area contributed by atoms with Crippen molar-refractivity contribution in [3.05, 3.63) is 95.1 Å². The zero-order chi connectivity index (χ0) is 21.3. The van der Waals surface area contributed by atoms with Crippen LogP contribution in [0, 0.1) is 0 Å². The van der Waals surface area contributed by atoms with E-state index in [4.69, 9.17) is 9.47 Å². The second-order valence-corrected chi connectivity index (χ2v) is 7.62. The number of carbonyl (C=O) groups is 1. The maximum absolute atomic E-state index is 12.1. The fourth-order valence-electron chi connectivity index (χ4n) is 2.79. The molecule has 0 aliphatic heterocycles. The van der Waals surface area contributed by atoms with E-state index >= 15 is 0 Å². The number of nitrogens with one attached hydrogen (secondary N) is 1. The summed E-state index contributed by atoms with van der Waals surface area (Å²) in [6, 6.07) is 21.0. The van der Waals surface area contributed by atoms with Gasteiger partial charge in [0, 0.05) is 23.3 Å². The molecule has 0 saturated carbocycles. The molecule has 0 bridgehead atoms. The van der Waals surface area contributed by atoms with Gasteiger partial charge in [-0.1, -0.05) is 30.3 Å². The highest BCUT2D eigenvalue weighted by atomic mass is 32.1. The third-order valence-electron chi connectivity index (χ3n) is 4.41. The Morgan fingerprint density at radius 2 is 1.61 bits per heavy atom. The number of ether oxygens (including phenoxy) is 2. The van der Waals surface area contributed by atoms with Crippen LogP contribution in [0.5, 0.6) is 11.5 Å². The lowest BCUT2D eigenvalue weighted by Gasteiger charge is -2.09. The van der Waals surface area contributed by atoms with E-state index in [-0.39, 0.29) is 12.5 Å². The number of amides is 1. The van der Waals surface area contributed by atoms with Gasteiger partial charge in [0.15, 0.2) is 6.61 Å². The van der Waals surface area contributed by atoms with Gasteiger partial charge < -0.3 is 14.8 Å². The van der Waals surface area contributed by atoms with Gasteiger partial charge in [-0.3, -0.25) is 9.78 Å². The molecule has 0 aliphatic rings. The standard InChI is InChI=1S/C24H21N3O3S/c28-23(26-14-24-27-22(17-31-24)19-10-12-25-13-11-19)16-30-21-8-6-20(7-9-21)29-15-18-4-2-1-3-5-18/h1-13,17H,14-16H2,(H,26,28). The second kappa shape index (κ2) is 10.4. The van der Waals surface area contributed by atoms with Crippen molar-refractivity contribution < 1.29 is 14.3 Å². The van der Waals surface area contributed by atoms with Crippen molar-refractivity contribution in [3.63, 3.8) is 0 Å². The molecule has 0 aliphatic carbocycles. The molecule has 1 amide bonds. The van der Waals surface area contributed by atoms with E-state index in [2.05, 4.69) is 15.3 Å². The summed E-state index contributed by atoms with van der Waals surface area (Å²) in [5.74, 6) is 1.15. The minimum atomic E-state index is -0.204. The van der Waals surface area contributed by atoms with Gasteiger partial charge in [-0.2, -0.15) is 0 Å². The van der Waals surface area contributed by atoms with Crippen molar-refractivity contribution in [3.8, 4) is 22.8 Å². The van der Waals surface area contributed by atoms with Crippen molar-refractivity contribution in [2.24, 2.45) is 0 Å². The molecule has 4 rings (SSSR count). The number of hydrogen-bond donors (Lipinski definition) is 1. The highest BCUT2D eigenvalue weighted by Gasteiger charge is 2.07. The number of aromatic nitrogens is 2. The molecular formula is C24H21N3O3S. The molecular weight excluding hydrogens is 410 g/mol. The lowest BCUT2D eigenvalue weighted by atomic mass is 10.2. The summed E-state index contributed by atoms with van der Waals surface area (Å²) in [5.41, 5.74) is 2.98. The van der Waals surface area contributed by atoms with Crippen LogP contribution in [0.3, 0.4) is 0 Å². The first-order chi connectivity index (χ1) is 15.3. The first kappa shape index (κ1) is 20.6. The Kier molecular flexibility index (Phi) is 6.87. The number of carbonyl (C=O) groups excluding carboxylic acids is 1. The van der Waals surface area contributed by atoms with Crippen LogP contribution < -0.4 is 14.8 Å². The first-order valence-corrected chi connectivity index (χ1v) is 10.7. The molecule has 2 heterocycles. The maximum atomic E-state index is 12.1. The number of nitrogens with zero attached hydrogens (tertiary/aromatic N) is 2. The summed E-state index contributed by atoms with van der Waals surface area (Å²) in [4.78, 5) is 20.6. The smallest absolute Gasteiger partial charge is 0.258 e. The van der Waals surface area contributed by atoms with Gasteiger partial charge in [-0.05, 0) is 42.0 Å². The number of thiazole rings is 1. The van der Waals surface area contributed by atoms with Crippen LogP contribution in [0.2, 0.25) is 0 Å². The van der Waals surface area contributed by atoms with Crippen molar-refractivity contribution in [2.75, 3.05) is 6.61 Å². The molecule has 0 radical (unpaired) electrons. The summed E-state index contributed by atoms with van der Waals surface area (Å²) < 4.78 is 11.3. The average Bonchev–Trinajstić information content (AvgIpc) is 3.31. The average molecular weight is 432 g/mol. The maximum Gasteiger partial charge on any atom is 0.258 e. The Bertz CT molecular complexity index is 1100. The van der Waals surface area contributed by atoms with E-state index < -0.39 is 0 Å².